The zero-order chi connectivity index (χ0) is 5.70. The Morgan fingerprint density at radius 3 is 2.43 bits per heavy atom. The Labute approximate surface area is 55.1 Å². The monoisotopic (exact) mass is 184 g/mol. The van der Waals surface area contributed by atoms with Gasteiger partial charge in [0.05, 0.1) is 0 Å². The quantitative estimate of drug-likeness (QED) is 0.603. The van der Waals surface area contributed by atoms with Gasteiger partial charge in [-0.2, -0.15) is 0 Å². The Morgan fingerprint density at radius 2 is 2.29 bits per heavy atom. The smallest absolute Gasteiger partial charge is 0.0331 e. The molecule has 1 nitrogen and oxygen atoms in total. The highest BCUT2D eigenvalue weighted by molar-refractivity contribution is 9.09. The third-order valence-corrected chi connectivity index (χ3v) is 2.85. The molecule has 0 saturated heterocycles. The fraction of sp³-hybridized carbons (Fsp3) is 1.00. The topological polar surface area (TPSA) is 17.1 Å². The number of rotatable bonds is 3. The fourth-order valence-electron chi connectivity index (χ4n) is 0.230. The average Bonchev–Trinajstić information content (AvgIpc) is 1.68. The van der Waals surface area contributed by atoms with E-state index in [0.717, 1.165) is 16.8 Å². The van der Waals surface area contributed by atoms with E-state index in [0.29, 0.717) is 0 Å². The van der Waals surface area contributed by atoms with E-state index in [1.165, 1.54) is 0 Å². The molecule has 0 bridgehead atoms. The van der Waals surface area contributed by atoms with Crippen molar-refractivity contribution in [1.82, 2.24) is 0 Å². The SMILES string of the molecule is CCS(=O)CCBr. The zero-order valence-electron chi connectivity index (χ0n) is 4.32. The Kier molecular flexibility index (Phi) is 5.21. The minimum absolute atomic E-state index is 0.574. The maximum Gasteiger partial charge on any atom is 0.0331 e. The molecule has 1 atom stereocenters. The Hall–Kier alpha value is 0.630. The number of halogens is 1. The zero-order valence-corrected chi connectivity index (χ0v) is 6.72. The van der Waals surface area contributed by atoms with E-state index in [2.05, 4.69) is 15.9 Å². The van der Waals surface area contributed by atoms with Gasteiger partial charge in [0.2, 0.25) is 0 Å². The molecule has 0 spiro atoms. The molecule has 0 aromatic heterocycles. The van der Waals surface area contributed by atoms with Gasteiger partial charge in [-0.1, -0.05) is 22.9 Å². The summed E-state index contributed by atoms with van der Waals surface area (Å²) >= 11 is 3.20. The highest BCUT2D eigenvalue weighted by atomic mass is 79.9. The lowest BCUT2D eigenvalue weighted by molar-refractivity contribution is 0.685. The van der Waals surface area contributed by atoms with Crippen molar-refractivity contribution in [3.05, 3.63) is 0 Å². The van der Waals surface area contributed by atoms with Gasteiger partial charge in [-0.05, 0) is 0 Å². The second-order valence-corrected chi connectivity index (χ2v) is 3.78. The number of hydrogen-bond acceptors (Lipinski definition) is 1. The van der Waals surface area contributed by atoms with Crippen molar-refractivity contribution in [2.24, 2.45) is 0 Å². The van der Waals surface area contributed by atoms with Crippen LogP contribution in [0.5, 0.6) is 0 Å². The van der Waals surface area contributed by atoms with Crippen LogP contribution in [0.15, 0.2) is 0 Å². The fourth-order valence-corrected chi connectivity index (χ4v) is 1.77. The normalized spacial score (nSPS) is 14.0. The molecule has 0 rings (SSSR count). The minimum Gasteiger partial charge on any atom is -0.260 e. The van der Waals surface area contributed by atoms with E-state index in [1.54, 1.807) is 0 Å². The molecule has 1 unspecified atom stereocenters. The maximum absolute atomic E-state index is 10.5. The lowest BCUT2D eigenvalue weighted by Crippen LogP contribution is -1.99. The number of alkyl halides is 1. The van der Waals surface area contributed by atoms with E-state index >= 15 is 0 Å². The van der Waals surface area contributed by atoms with Crippen molar-refractivity contribution in [1.29, 1.82) is 0 Å². The summed E-state index contributed by atoms with van der Waals surface area (Å²) in [6.07, 6.45) is 0. The molecule has 0 radical (unpaired) electrons. The predicted molar refractivity (Wildman–Crippen MR) is 37.3 cm³/mol. The first kappa shape index (κ1) is 7.63. The number of hydrogen-bond donors (Lipinski definition) is 0. The predicted octanol–water partition coefficient (Wildman–Crippen LogP) is 1.15. The molecule has 0 amide bonds. The largest absolute Gasteiger partial charge is 0.260 e. The van der Waals surface area contributed by atoms with Gasteiger partial charge in [0.15, 0.2) is 0 Å². The van der Waals surface area contributed by atoms with Gasteiger partial charge < -0.3 is 0 Å². The summed E-state index contributed by atoms with van der Waals surface area (Å²) in [5, 5.41) is 0.855. The van der Waals surface area contributed by atoms with Crippen molar-refractivity contribution >= 4 is 26.7 Å². The summed E-state index contributed by atoms with van der Waals surface area (Å²) in [5.41, 5.74) is 0. The van der Waals surface area contributed by atoms with Crippen LogP contribution in [-0.2, 0) is 10.8 Å². The van der Waals surface area contributed by atoms with E-state index in [4.69, 9.17) is 0 Å². The van der Waals surface area contributed by atoms with Crippen LogP contribution in [0.2, 0.25) is 0 Å². The molecule has 0 fully saturated rings. The van der Waals surface area contributed by atoms with E-state index in [1.807, 2.05) is 6.92 Å². The molecule has 0 aliphatic heterocycles. The molecule has 7 heavy (non-hydrogen) atoms. The molecule has 0 heterocycles. The van der Waals surface area contributed by atoms with Crippen LogP contribution in [0.4, 0.5) is 0 Å². The third kappa shape index (κ3) is 4.48. The second-order valence-electron chi connectivity index (χ2n) is 1.12. The highest BCUT2D eigenvalue weighted by Crippen LogP contribution is 1.84. The standard InChI is InChI=1S/C4H9BrOS/c1-2-7(6)4-3-5/h2-4H2,1H3. The first-order valence-corrected chi connectivity index (χ1v) is 4.83. The molecule has 0 N–H and O–H groups in total. The first-order valence-electron chi connectivity index (χ1n) is 2.22. The van der Waals surface area contributed by atoms with Crippen molar-refractivity contribution in [3.63, 3.8) is 0 Å². The highest BCUT2D eigenvalue weighted by Gasteiger charge is 1.89. The van der Waals surface area contributed by atoms with Crippen molar-refractivity contribution < 1.29 is 4.21 Å². The summed E-state index contributed by atoms with van der Waals surface area (Å²) in [4.78, 5) is 0. The Morgan fingerprint density at radius 1 is 1.71 bits per heavy atom. The molecular formula is C4H9BrOS. The molecule has 0 saturated carbocycles. The molecular weight excluding hydrogens is 176 g/mol. The summed E-state index contributed by atoms with van der Waals surface area (Å²) in [6.45, 7) is 1.93. The minimum atomic E-state index is -0.574. The van der Waals surface area contributed by atoms with Crippen LogP contribution < -0.4 is 0 Å². The van der Waals surface area contributed by atoms with Crippen molar-refractivity contribution in [3.8, 4) is 0 Å². The molecule has 0 aliphatic rings. The summed E-state index contributed by atoms with van der Waals surface area (Å²) in [6, 6.07) is 0. The molecule has 0 aromatic rings. The first-order chi connectivity index (χ1) is 3.31. The third-order valence-electron chi connectivity index (χ3n) is 0.627. The van der Waals surface area contributed by atoms with Crippen LogP contribution in [-0.4, -0.2) is 21.0 Å². The van der Waals surface area contributed by atoms with Gasteiger partial charge in [0, 0.05) is 27.6 Å². The summed E-state index contributed by atoms with van der Waals surface area (Å²) < 4.78 is 10.5. The lowest BCUT2D eigenvalue weighted by atomic mass is 11.0. The molecule has 44 valence electrons. The summed E-state index contributed by atoms with van der Waals surface area (Å²) in [5.74, 6) is 1.57. The van der Waals surface area contributed by atoms with Crippen molar-refractivity contribution in [2.75, 3.05) is 16.8 Å². The van der Waals surface area contributed by atoms with Gasteiger partial charge in [-0.15, -0.1) is 0 Å². The average molecular weight is 185 g/mol. The lowest BCUT2D eigenvalue weighted by Gasteiger charge is -1.88. The Bertz CT molecular complexity index is 64.7. The summed E-state index contributed by atoms with van der Waals surface area (Å²) in [7, 11) is -0.574. The van der Waals surface area contributed by atoms with Crippen LogP contribution >= 0.6 is 15.9 Å². The van der Waals surface area contributed by atoms with E-state index in [9.17, 15) is 4.21 Å². The Balaban J connectivity index is 3.00. The van der Waals surface area contributed by atoms with Gasteiger partial charge in [0.25, 0.3) is 0 Å². The van der Waals surface area contributed by atoms with Crippen LogP contribution in [0.25, 0.3) is 0 Å². The van der Waals surface area contributed by atoms with Gasteiger partial charge >= 0.3 is 0 Å². The van der Waals surface area contributed by atoms with Gasteiger partial charge in [0.1, 0.15) is 0 Å². The van der Waals surface area contributed by atoms with Crippen LogP contribution in [0.3, 0.4) is 0 Å². The van der Waals surface area contributed by atoms with Crippen molar-refractivity contribution in [2.45, 2.75) is 6.92 Å². The second kappa shape index (κ2) is 4.78. The molecule has 0 aliphatic carbocycles. The van der Waals surface area contributed by atoms with Gasteiger partial charge in [-0.25, -0.2) is 0 Å². The maximum atomic E-state index is 10.5. The van der Waals surface area contributed by atoms with Gasteiger partial charge in [-0.3, -0.25) is 4.21 Å². The van der Waals surface area contributed by atoms with Crippen LogP contribution in [0, 0.1) is 0 Å². The molecule has 3 heteroatoms. The van der Waals surface area contributed by atoms with E-state index in [-0.39, 0.29) is 0 Å². The molecule has 0 aromatic carbocycles. The van der Waals surface area contributed by atoms with Crippen LogP contribution in [0.1, 0.15) is 6.92 Å². The van der Waals surface area contributed by atoms with E-state index < -0.39 is 10.8 Å².